The van der Waals surface area contributed by atoms with Gasteiger partial charge >= 0.3 is 0 Å². The first-order valence-electron chi connectivity index (χ1n) is 5.43. The fourth-order valence-corrected chi connectivity index (χ4v) is 3.43. The van der Waals surface area contributed by atoms with Crippen LogP contribution in [0.4, 0.5) is 15.8 Å². The van der Waals surface area contributed by atoms with Gasteiger partial charge in [-0.25, -0.2) is 4.39 Å². The maximum absolute atomic E-state index is 13.7. The largest absolute Gasteiger partial charge is 0.370 e. The lowest BCUT2D eigenvalue weighted by molar-refractivity contribution is -0.384. The highest BCUT2D eigenvalue weighted by Crippen LogP contribution is 2.34. The molecule has 100 valence electrons. The number of para-hydroxylation sites is 1. The topological polar surface area (TPSA) is 55.2 Å². The van der Waals surface area contributed by atoms with Crippen molar-refractivity contribution in [1.82, 2.24) is 0 Å². The highest BCUT2D eigenvalue weighted by molar-refractivity contribution is 9.10. The van der Waals surface area contributed by atoms with Gasteiger partial charge in [-0.3, -0.25) is 10.1 Å². The molecule has 1 N–H and O–H groups in total. The maximum Gasteiger partial charge on any atom is 0.295 e. The summed E-state index contributed by atoms with van der Waals surface area (Å²) in [6, 6.07) is 5.45. The minimum absolute atomic E-state index is 0.0831. The van der Waals surface area contributed by atoms with Crippen molar-refractivity contribution in [1.29, 1.82) is 0 Å². The van der Waals surface area contributed by atoms with Crippen molar-refractivity contribution in [2.75, 3.05) is 5.32 Å². The van der Waals surface area contributed by atoms with E-state index in [0.29, 0.717) is 0 Å². The molecule has 7 heteroatoms. The van der Waals surface area contributed by atoms with Gasteiger partial charge in [-0.05, 0) is 40.4 Å². The van der Waals surface area contributed by atoms with E-state index in [2.05, 4.69) is 21.2 Å². The zero-order valence-corrected chi connectivity index (χ0v) is 12.3. The molecule has 0 aliphatic heterocycles. The van der Waals surface area contributed by atoms with Gasteiger partial charge < -0.3 is 5.32 Å². The van der Waals surface area contributed by atoms with E-state index in [0.717, 1.165) is 9.35 Å². The maximum atomic E-state index is 13.7. The van der Waals surface area contributed by atoms with Crippen molar-refractivity contribution in [3.05, 3.63) is 54.9 Å². The van der Waals surface area contributed by atoms with Gasteiger partial charge in [0.2, 0.25) is 0 Å². The number of rotatable bonds is 4. The van der Waals surface area contributed by atoms with E-state index in [-0.39, 0.29) is 17.4 Å². The van der Waals surface area contributed by atoms with Crippen molar-refractivity contribution in [2.45, 2.75) is 13.0 Å². The third kappa shape index (κ3) is 2.93. The van der Waals surface area contributed by atoms with E-state index < -0.39 is 10.7 Å². The highest BCUT2D eigenvalue weighted by Gasteiger charge is 2.21. The van der Waals surface area contributed by atoms with Gasteiger partial charge in [0.15, 0.2) is 5.82 Å². The molecular formula is C12H10BrFN2O2S. The SMILES string of the molecule is CC(Nc1c(F)cccc1[N+](=O)[O-])c1sccc1Br. The summed E-state index contributed by atoms with van der Waals surface area (Å²) in [5.41, 5.74) is -0.347. The van der Waals surface area contributed by atoms with Crippen LogP contribution in [0.25, 0.3) is 0 Å². The number of hydrogen-bond acceptors (Lipinski definition) is 4. The van der Waals surface area contributed by atoms with Crippen LogP contribution in [0.15, 0.2) is 34.1 Å². The molecule has 0 aliphatic carbocycles. The summed E-state index contributed by atoms with van der Waals surface area (Å²) in [6.45, 7) is 1.83. The molecule has 2 aromatic rings. The van der Waals surface area contributed by atoms with Crippen molar-refractivity contribution in [3.8, 4) is 0 Å². The van der Waals surface area contributed by atoms with Crippen LogP contribution in [-0.4, -0.2) is 4.92 Å². The number of nitro benzene ring substituents is 1. The molecule has 0 bridgehead atoms. The molecule has 2 rings (SSSR count). The van der Waals surface area contributed by atoms with Crippen LogP contribution in [-0.2, 0) is 0 Å². The first-order valence-corrected chi connectivity index (χ1v) is 7.10. The molecule has 0 spiro atoms. The van der Waals surface area contributed by atoms with Gasteiger partial charge in [0.05, 0.1) is 11.0 Å². The number of hydrogen-bond donors (Lipinski definition) is 1. The molecule has 1 aromatic carbocycles. The van der Waals surface area contributed by atoms with Crippen LogP contribution < -0.4 is 5.32 Å². The predicted octanol–water partition coefficient (Wildman–Crippen LogP) is 4.73. The zero-order chi connectivity index (χ0) is 14.0. The summed E-state index contributed by atoms with van der Waals surface area (Å²) in [4.78, 5) is 11.3. The Labute approximate surface area is 121 Å². The van der Waals surface area contributed by atoms with Crippen LogP contribution in [0.2, 0.25) is 0 Å². The van der Waals surface area contributed by atoms with Gasteiger partial charge in [-0.15, -0.1) is 11.3 Å². The molecule has 19 heavy (non-hydrogen) atoms. The lowest BCUT2D eigenvalue weighted by Gasteiger charge is -2.15. The van der Waals surface area contributed by atoms with Gasteiger partial charge in [0.25, 0.3) is 5.69 Å². The third-order valence-electron chi connectivity index (χ3n) is 2.59. The number of anilines is 1. The molecule has 0 amide bonds. The average molecular weight is 345 g/mol. The molecule has 1 atom stereocenters. The molecule has 1 unspecified atom stereocenters. The fourth-order valence-electron chi connectivity index (χ4n) is 1.70. The Morgan fingerprint density at radius 2 is 2.21 bits per heavy atom. The summed E-state index contributed by atoms with van der Waals surface area (Å²) >= 11 is 4.88. The van der Waals surface area contributed by atoms with Crippen LogP contribution in [0, 0.1) is 15.9 Å². The van der Waals surface area contributed by atoms with Crippen LogP contribution in [0.3, 0.4) is 0 Å². The van der Waals surface area contributed by atoms with Crippen molar-refractivity contribution in [2.24, 2.45) is 0 Å². The first kappa shape index (κ1) is 14.0. The Bertz CT molecular complexity index is 618. The summed E-state index contributed by atoms with van der Waals surface area (Å²) in [5, 5.41) is 15.7. The quantitative estimate of drug-likeness (QED) is 0.644. The smallest absolute Gasteiger partial charge is 0.295 e. The van der Waals surface area contributed by atoms with E-state index in [9.17, 15) is 14.5 Å². The molecule has 4 nitrogen and oxygen atoms in total. The number of benzene rings is 1. The Morgan fingerprint density at radius 3 is 2.79 bits per heavy atom. The molecule has 1 aromatic heterocycles. The molecule has 0 saturated heterocycles. The van der Waals surface area contributed by atoms with E-state index >= 15 is 0 Å². The lowest BCUT2D eigenvalue weighted by atomic mass is 10.2. The van der Waals surface area contributed by atoms with Crippen molar-refractivity contribution >= 4 is 38.6 Å². The summed E-state index contributed by atoms with van der Waals surface area (Å²) in [5.74, 6) is -0.631. The third-order valence-corrected chi connectivity index (χ3v) is 4.64. The van der Waals surface area contributed by atoms with Crippen LogP contribution in [0.5, 0.6) is 0 Å². The van der Waals surface area contributed by atoms with Crippen LogP contribution >= 0.6 is 27.3 Å². The van der Waals surface area contributed by atoms with E-state index in [1.54, 1.807) is 0 Å². The minimum atomic E-state index is -0.631. The van der Waals surface area contributed by atoms with Crippen molar-refractivity contribution < 1.29 is 9.31 Å². The van der Waals surface area contributed by atoms with Gasteiger partial charge in [0.1, 0.15) is 5.69 Å². The molecule has 0 fully saturated rings. The second-order valence-corrected chi connectivity index (χ2v) is 5.69. The Kier molecular flexibility index (Phi) is 4.16. The second kappa shape index (κ2) is 5.66. The molecule has 0 aliphatic rings. The van der Waals surface area contributed by atoms with Crippen LogP contribution in [0.1, 0.15) is 17.8 Å². The average Bonchev–Trinajstić information content (AvgIpc) is 2.77. The summed E-state index contributed by atoms with van der Waals surface area (Å²) in [7, 11) is 0. The Hall–Kier alpha value is -1.47. The minimum Gasteiger partial charge on any atom is -0.370 e. The molecule has 0 radical (unpaired) electrons. The first-order chi connectivity index (χ1) is 9.00. The van der Waals surface area contributed by atoms with Gasteiger partial charge in [-0.2, -0.15) is 0 Å². The lowest BCUT2D eigenvalue weighted by Crippen LogP contribution is -2.09. The fraction of sp³-hybridized carbons (Fsp3) is 0.167. The molecular weight excluding hydrogens is 335 g/mol. The monoisotopic (exact) mass is 344 g/mol. The number of nitrogens with zero attached hydrogens (tertiary/aromatic N) is 1. The number of thiophene rings is 1. The Balaban J connectivity index is 2.33. The van der Waals surface area contributed by atoms with Crippen molar-refractivity contribution in [3.63, 3.8) is 0 Å². The molecule has 1 heterocycles. The highest BCUT2D eigenvalue weighted by atomic mass is 79.9. The van der Waals surface area contributed by atoms with E-state index in [1.807, 2.05) is 18.4 Å². The van der Waals surface area contributed by atoms with Gasteiger partial charge in [0, 0.05) is 15.4 Å². The predicted molar refractivity (Wildman–Crippen MR) is 77.1 cm³/mol. The summed E-state index contributed by atoms with van der Waals surface area (Å²) < 4.78 is 14.6. The second-order valence-electron chi connectivity index (χ2n) is 3.89. The number of halogens is 2. The normalized spacial score (nSPS) is 12.2. The standard InChI is InChI=1S/C12H10BrFN2O2S/c1-7(12-8(13)5-6-19-12)15-11-9(14)3-2-4-10(11)16(17)18/h2-7,15H,1H3. The zero-order valence-electron chi connectivity index (χ0n) is 9.89. The van der Waals surface area contributed by atoms with Gasteiger partial charge in [-0.1, -0.05) is 6.07 Å². The number of nitrogens with one attached hydrogen (secondary N) is 1. The Morgan fingerprint density at radius 1 is 1.47 bits per heavy atom. The van der Waals surface area contributed by atoms with E-state index in [1.165, 1.54) is 29.5 Å². The molecule has 0 saturated carbocycles. The van der Waals surface area contributed by atoms with E-state index in [4.69, 9.17) is 0 Å². The summed E-state index contributed by atoms with van der Waals surface area (Å²) in [6.07, 6.45) is 0. The number of nitro groups is 1.